The van der Waals surface area contributed by atoms with E-state index in [1.54, 1.807) is 31.7 Å². The number of rotatable bonds is 7. The average Bonchev–Trinajstić information content (AvgIpc) is 2.48. The van der Waals surface area contributed by atoms with E-state index in [1.807, 2.05) is 12.1 Å². The Morgan fingerprint density at radius 3 is 2.75 bits per heavy atom. The van der Waals surface area contributed by atoms with Crippen LogP contribution in [0.4, 0.5) is 4.39 Å². The van der Waals surface area contributed by atoms with Gasteiger partial charge in [0.05, 0.1) is 6.61 Å². The van der Waals surface area contributed by atoms with E-state index in [0.29, 0.717) is 18.7 Å². The maximum Gasteiger partial charge on any atom is 0.250 e. The number of aromatic nitrogens is 2. The van der Waals surface area contributed by atoms with E-state index >= 15 is 0 Å². The summed E-state index contributed by atoms with van der Waals surface area (Å²) in [5.74, 6) is -0.307. The van der Waals surface area contributed by atoms with E-state index < -0.39 is 0 Å². The molecule has 0 bridgehead atoms. The average molecular weight is 275 g/mol. The first kappa shape index (κ1) is 14.4. The number of halogens is 1. The third kappa shape index (κ3) is 3.99. The second kappa shape index (κ2) is 7.55. The van der Waals surface area contributed by atoms with Gasteiger partial charge in [0.25, 0.3) is 5.88 Å². The molecule has 0 saturated carbocycles. The first-order chi connectivity index (χ1) is 9.81. The van der Waals surface area contributed by atoms with Crippen LogP contribution in [0.2, 0.25) is 0 Å². The molecule has 5 heteroatoms. The standard InChI is InChI=1S/C15H18FN3O/c1-17-11-13-6-9-19-15(14(13)16)20-10-2-3-12-4-7-18-8-5-12/h4-9,17H,2-3,10-11H2,1H3. The van der Waals surface area contributed by atoms with Crippen molar-refractivity contribution in [2.75, 3.05) is 13.7 Å². The Bertz CT molecular complexity index is 534. The fourth-order valence-corrected chi connectivity index (χ4v) is 1.88. The lowest BCUT2D eigenvalue weighted by Crippen LogP contribution is -2.09. The Balaban J connectivity index is 1.83. The summed E-state index contributed by atoms with van der Waals surface area (Å²) in [5, 5.41) is 2.91. The van der Waals surface area contributed by atoms with Crippen LogP contribution in [0.5, 0.6) is 5.88 Å². The van der Waals surface area contributed by atoms with Crippen LogP contribution in [0.15, 0.2) is 36.8 Å². The molecule has 0 aromatic carbocycles. The van der Waals surface area contributed by atoms with Crippen molar-refractivity contribution in [3.63, 3.8) is 0 Å². The summed E-state index contributed by atoms with van der Waals surface area (Å²) in [5.41, 5.74) is 1.76. The van der Waals surface area contributed by atoms with E-state index in [0.717, 1.165) is 12.8 Å². The molecule has 0 amide bonds. The molecule has 0 aliphatic heterocycles. The summed E-state index contributed by atoms with van der Waals surface area (Å²) < 4.78 is 19.4. The predicted octanol–water partition coefficient (Wildman–Crippen LogP) is 2.35. The van der Waals surface area contributed by atoms with E-state index in [1.165, 1.54) is 5.56 Å². The van der Waals surface area contributed by atoms with Crippen LogP contribution < -0.4 is 10.1 Å². The molecule has 0 aliphatic rings. The first-order valence-electron chi connectivity index (χ1n) is 6.61. The number of nitrogens with one attached hydrogen (secondary N) is 1. The van der Waals surface area contributed by atoms with Gasteiger partial charge in [0.15, 0.2) is 5.82 Å². The molecule has 0 fully saturated rings. The van der Waals surface area contributed by atoms with E-state index in [4.69, 9.17) is 4.74 Å². The van der Waals surface area contributed by atoms with Crippen LogP contribution in [0.1, 0.15) is 17.5 Å². The van der Waals surface area contributed by atoms with Gasteiger partial charge < -0.3 is 10.1 Å². The summed E-state index contributed by atoms with van der Waals surface area (Å²) >= 11 is 0. The Hall–Kier alpha value is -2.01. The minimum Gasteiger partial charge on any atom is -0.476 e. The van der Waals surface area contributed by atoms with Gasteiger partial charge in [0.2, 0.25) is 0 Å². The van der Waals surface area contributed by atoms with Crippen LogP contribution in [0, 0.1) is 5.82 Å². The molecular formula is C15H18FN3O. The summed E-state index contributed by atoms with van der Waals surface area (Å²) in [6.45, 7) is 0.900. The van der Waals surface area contributed by atoms with Crippen LogP contribution in [-0.2, 0) is 13.0 Å². The van der Waals surface area contributed by atoms with Crippen molar-refractivity contribution in [3.05, 3.63) is 53.7 Å². The van der Waals surface area contributed by atoms with Crippen LogP contribution in [-0.4, -0.2) is 23.6 Å². The summed E-state index contributed by atoms with van der Waals surface area (Å²) in [6.07, 6.45) is 6.77. The van der Waals surface area contributed by atoms with Gasteiger partial charge in [0.1, 0.15) is 0 Å². The van der Waals surface area contributed by atoms with Crippen LogP contribution in [0.3, 0.4) is 0 Å². The van der Waals surface area contributed by atoms with Gasteiger partial charge in [-0.3, -0.25) is 4.98 Å². The topological polar surface area (TPSA) is 47.0 Å². The summed E-state index contributed by atoms with van der Waals surface area (Å²) in [4.78, 5) is 7.89. The number of hydrogen-bond acceptors (Lipinski definition) is 4. The highest BCUT2D eigenvalue weighted by Gasteiger charge is 2.09. The zero-order chi connectivity index (χ0) is 14.2. The fourth-order valence-electron chi connectivity index (χ4n) is 1.88. The number of ether oxygens (including phenoxy) is 1. The third-order valence-electron chi connectivity index (χ3n) is 2.90. The smallest absolute Gasteiger partial charge is 0.250 e. The SMILES string of the molecule is CNCc1ccnc(OCCCc2ccncc2)c1F. The lowest BCUT2D eigenvalue weighted by Gasteiger charge is -2.09. The fraction of sp³-hybridized carbons (Fsp3) is 0.333. The highest BCUT2D eigenvalue weighted by atomic mass is 19.1. The van der Waals surface area contributed by atoms with Gasteiger partial charge in [-0.05, 0) is 43.7 Å². The van der Waals surface area contributed by atoms with Gasteiger partial charge in [-0.15, -0.1) is 0 Å². The number of hydrogen-bond donors (Lipinski definition) is 1. The van der Waals surface area contributed by atoms with Crippen molar-refractivity contribution in [1.82, 2.24) is 15.3 Å². The molecule has 0 radical (unpaired) electrons. The highest BCUT2D eigenvalue weighted by Crippen LogP contribution is 2.17. The molecule has 0 aliphatic carbocycles. The van der Waals surface area contributed by atoms with Crippen molar-refractivity contribution < 1.29 is 9.13 Å². The Morgan fingerprint density at radius 1 is 1.20 bits per heavy atom. The number of pyridine rings is 2. The van der Waals surface area contributed by atoms with Gasteiger partial charge >= 0.3 is 0 Å². The van der Waals surface area contributed by atoms with Crippen molar-refractivity contribution >= 4 is 0 Å². The lowest BCUT2D eigenvalue weighted by molar-refractivity contribution is 0.282. The lowest BCUT2D eigenvalue weighted by atomic mass is 10.1. The number of aryl methyl sites for hydroxylation is 1. The quantitative estimate of drug-likeness (QED) is 0.788. The molecule has 0 saturated heterocycles. The molecule has 0 atom stereocenters. The first-order valence-corrected chi connectivity index (χ1v) is 6.61. The summed E-state index contributed by atoms with van der Waals surface area (Å²) in [7, 11) is 1.77. The number of nitrogens with zero attached hydrogens (tertiary/aromatic N) is 2. The van der Waals surface area contributed by atoms with Gasteiger partial charge in [-0.1, -0.05) is 0 Å². The highest BCUT2D eigenvalue weighted by molar-refractivity contribution is 5.23. The normalized spacial score (nSPS) is 10.5. The zero-order valence-corrected chi connectivity index (χ0v) is 11.5. The molecular weight excluding hydrogens is 257 g/mol. The van der Waals surface area contributed by atoms with E-state index in [2.05, 4.69) is 15.3 Å². The van der Waals surface area contributed by atoms with Gasteiger partial charge in [0, 0.05) is 30.7 Å². The van der Waals surface area contributed by atoms with Crippen LogP contribution >= 0.6 is 0 Å². The molecule has 4 nitrogen and oxygen atoms in total. The largest absolute Gasteiger partial charge is 0.476 e. The third-order valence-corrected chi connectivity index (χ3v) is 2.90. The molecule has 2 heterocycles. The van der Waals surface area contributed by atoms with Crippen molar-refractivity contribution in [1.29, 1.82) is 0 Å². The molecule has 2 rings (SSSR count). The molecule has 20 heavy (non-hydrogen) atoms. The monoisotopic (exact) mass is 275 g/mol. The minimum atomic E-state index is -0.384. The molecule has 106 valence electrons. The van der Waals surface area contributed by atoms with E-state index in [-0.39, 0.29) is 11.7 Å². The van der Waals surface area contributed by atoms with Crippen molar-refractivity contribution in [2.45, 2.75) is 19.4 Å². The van der Waals surface area contributed by atoms with Crippen molar-refractivity contribution in [3.8, 4) is 5.88 Å². The maximum absolute atomic E-state index is 14.0. The molecule has 1 N–H and O–H groups in total. The Kier molecular flexibility index (Phi) is 5.43. The molecule has 0 spiro atoms. The van der Waals surface area contributed by atoms with E-state index in [9.17, 15) is 4.39 Å². The Morgan fingerprint density at radius 2 is 2.00 bits per heavy atom. The zero-order valence-electron chi connectivity index (χ0n) is 11.5. The molecule has 0 unspecified atom stereocenters. The van der Waals surface area contributed by atoms with Crippen LogP contribution in [0.25, 0.3) is 0 Å². The van der Waals surface area contributed by atoms with Crippen molar-refractivity contribution in [2.24, 2.45) is 0 Å². The predicted molar refractivity (Wildman–Crippen MR) is 75.0 cm³/mol. The van der Waals surface area contributed by atoms with Gasteiger partial charge in [-0.2, -0.15) is 0 Å². The second-order valence-corrected chi connectivity index (χ2v) is 4.43. The summed E-state index contributed by atoms with van der Waals surface area (Å²) in [6, 6.07) is 5.58. The van der Waals surface area contributed by atoms with Gasteiger partial charge in [-0.25, -0.2) is 9.37 Å². The molecule has 2 aromatic heterocycles. The second-order valence-electron chi connectivity index (χ2n) is 4.43. The Labute approximate surface area is 118 Å². The minimum absolute atomic E-state index is 0.0764. The maximum atomic E-state index is 14.0. The molecule has 2 aromatic rings.